The third kappa shape index (κ3) is 5.86. The molecule has 0 aliphatic carbocycles. The Morgan fingerprint density at radius 3 is 2.12 bits per heavy atom. The first kappa shape index (κ1) is 30.6. The monoisotopic (exact) mass is 754 g/mol. The van der Waals surface area contributed by atoms with Crippen molar-refractivity contribution < 1.29 is 34.6 Å². The number of nitrogens with zero attached hydrogens (tertiary/aromatic N) is 3. The third-order valence-electron chi connectivity index (χ3n) is 7.44. The van der Waals surface area contributed by atoms with Crippen molar-refractivity contribution in [1.82, 2.24) is 14.5 Å². The maximum Gasteiger partial charge on any atom is 2.00 e. The number of hydrogen-bond donors (Lipinski definition) is 0. The number of fused-ring (bicyclic) bond motifs is 3. The first-order valence-electron chi connectivity index (χ1n) is 13.9. The topological polar surface area (TPSA) is 39.9 Å². The molecule has 0 atom stereocenters. The van der Waals surface area contributed by atoms with Crippen molar-refractivity contribution in [1.29, 1.82) is 0 Å². The Labute approximate surface area is 265 Å². The van der Waals surface area contributed by atoms with Crippen LogP contribution in [0.25, 0.3) is 38.9 Å². The molecule has 0 N–H and O–H groups in total. The van der Waals surface area contributed by atoms with Gasteiger partial charge in [-0.25, -0.2) is 4.98 Å². The van der Waals surface area contributed by atoms with Crippen LogP contribution < -0.4 is 4.74 Å². The van der Waals surface area contributed by atoms with Crippen LogP contribution in [0, 0.1) is 23.8 Å². The molecule has 0 aliphatic heterocycles. The minimum Gasteiger partial charge on any atom is -0.500 e. The molecule has 43 heavy (non-hydrogen) atoms. The molecule has 3 aromatic carbocycles. The minimum absolute atomic E-state index is 0. The maximum atomic E-state index is 15.0. The average Bonchev–Trinajstić information content (AvgIpc) is 3.27. The van der Waals surface area contributed by atoms with Gasteiger partial charge in [-0.1, -0.05) is 89.0 Å². The number of ether oxygens (including phenoxy) is 1. The Balaban J connectivity index is 0.00000368. The summed E-state index contributed by atoms with van der Waals surface area (Å²) in [6.07, 6.45) is 3.43. The zero-order chi connectivity index (χ0) is 29.8. The van der Waals surface area contributed by atoms with Gasteiger partial charge in [0.1, 0.15) is 5.82 Å². The molecule has 3 heterocycles. The van der Waals surface area contributed by atoms with Gasteiger partial charge in [-0.15, -0.1) is 17.5 Å². The van der Waals surface area contributed by atoms with Crippen LogP contribution in [0.1, 0.15) is 52.7 Å². The Hall–Kier alpha value is -3.89. The summed E-state index contributed by atoms with van der Waals surface area (Å²) in [5.74, 6) is -0.851. The standard InChI is InChI=1S/C36H31F2N3O.Pt/c1-35(2,3)22-13-15-39-30(17-22)27-20-33(29(38)21-28(27)37)42-24-11-12-26-25-9-7-8-10-31(25)41(32(26)19-24)34-18-23(14-16-40-34)36(4,5)6;/h7-18,21H,1-6H3;/q-2;+2. The van der Waals surface area contributed by atoms with Crippen LogP contribution in [0.5, 0.6) is 11.5 Å². The van der Waals surface area contributed by atoms with E-state index in [1.165, 1.54) is 0 Å². The van der Waals surface area contributed by atoms with E-state index in [2.05, 4.69) is 75.8 Å². The molecule has 0 bridgehead atoms. The van der Waals surface area contributed by atoms with Gasteiger partial charge < -0.3 is 14.3 Å². The van der Waals surface area contributed by atoms with Crippen molar-refractivity contribution in [3.8, 4) is 28.6 Å². The molecule has 0 amide bonds. The fourth-order valence-corrected chi connectivity index (χ4v) is 5.07. The minimum atomic E-state index is -0.864. The first-order valence-corrected chi connectivity index (χ1v) is 13.9. The van der Waals surface area contributed by atoms with E-state index in [4.69, 9.17) is 4.74 Å². The molecule has 4 nitrogen and oxygen atoms in total. The van der Waals surface area contributed by atoms with Gasteiger partial charge >= 0.3 is 21.1 Å². The molecule has 0 radical (unpaired) electrons. The second-order valence-electron chi connectivity index (χ2n) is 12.5. The van der Waals surface area contributed by atoms with Crippen LogP contribution in [-0.4, -0.2) is 14.5 Å². The molecular weight excluding hydrogens is 723 g/mol. The van der Waals surface area contributed by atoms with E-state index in [9.17, 15) is 4.39 Å². The molecule has 0 unspecified atom stereocenters. The predicted octanol–water partition coefficient (Wildman–Crippen LogP) is 9.50. The van der Waals surface area contributed by atoms with Gasteiger partial charge in [0.25, 0.3) is 0 Å². The van der Waals surface area contributed by atoms with Gasteiger partial charge in [0.2, 0.25) is 0 Å². The molecule has 0 aliphatic rings. The predicted molar refractivity (Wildman–Crippen MR) is 163 cm³/mol. The molecule has 3 aromatic heterocycles. The second kappa shape index (κ2) is 11.3. The van der Waals surface area contributed by atoms with Crippen LogP contribution in [0.15, 0.2) is 79.1 Å². The summed E-state index contributed by atoms with van der Waals surface area (Å²) in [6, 6.07) is 26.4. The fourth-order valence-electron chi connectivity index (χ4n) is 5.07. The van der Waals surface area contributed by atoms with E-state index in [-0.39, 0.29) is 49.0 Å². The Morgan fingerprint density at radius 2 is 1.40 bits per heavy atom. The second-order valence-corrected chi connectivity index (χ2v) is 12.5. The van der Waals surface area contributed by atoms with Gasteiger partial charge in [0.05, 0.1) is 11.6 Å². The average molecular weight is 755 g/mol. The van der Waals surface area contributed by atoms with Crippen LogP contribution in [0.4, 0.5) is 8.78 Å². The summed E-state index contributed by atoms with van der Waals surface area (Å²) in [6.45, 7) is 12.7. The number of hydrogen-bond acceptors (Lipinski definition) is 3. The van der Waals surface area contributed by atoms with E-state index >= 15 is 4.39 Å². The molecule has 7 heteroatoms. The summed E-state index contributed by atoms with van der Waals surface area (Å²) in [7, 11) is 0. The SMILES string of the molecule is CC(C)(C)c1ccnc(-c2[c-]c(Oc3[c-]c4c(cc3)c3ccccc3n4-c3cc(C(C)(C)C)ccn3)c(F)cc2F)c1.[Pt+2]. The van der Waals surface area contributed by atoms with E-state index in [1.807, 2.05) is 47.2 Å². The van der Waals surface area contributed by atoms with Gasteiger partial charge in [-0.2, -0.15) is 6.07 Å². The Bertz CT molecular complexity index is 1970. The van der Waals surface area contributed by atoms with Crippen molar-refractivity contribution in [2.45, 2.75) is 52.4 Å². The molecular formula is C36H31F2N3OPt. The molecule has 6 aromatic rings. The van der Waals surface area contributed by atoms with Crippen molar-refractivity contribution in [3.05, 3.63) is 114 Å². The van der Waals surface area contributed by atoms with Crippen molar-refractivity contribution >= 4 is 21.8 Å². The molecule has 0 saturated heterocycles. The smallest absolute Gasteiger partial charge is 0.500 e. The zero-order valence-corrected chi connectivity index (χ0v) is 27.1. The van der Waals surface area contributed by atoms with Gasteiger partial charge in [-0.3, -0.25) is 8.78 Å². The molecule has 220 valence electrons. The number of para-hydroxylation sites is 1. The van der Waals surface area contributed by atoms with Crippen molar-refractivity contribution in [2.75, 3.05) is 0 Å². The number of rotatable bonds is 4. The van der Waals surface area contributed by atoms with Gasteiger partial charge in [-0.05, 0) is 57.3 Å². The Morgan fingerprint density at radius 1 is 0.721 bits per heavy atom. The summed E-state index contributed by atoms with van der Waals surface area (Å²) < 4.78 is 38.0. The maximum absolute atomic E-state index is 15.0. The van der Waals surface area contributed by atoms with Crippen LogP contribution in [0.3, 0.4) is 0 Å². The number of pyridine rings is 2. The van der Waals surface area contributed by atoms with Crippen molar-refractivity contribution in [2.24, 2.45) is 0 Å². The number of benzene rings is 3. The van der Waals surface area contributed by atoms with Crippen LogP contribution in [-0.2, 0) is 31.9 Å². The number of halogens is 2. The molecule has 0 spiro atoms. The van der Waals surface area contributed by atoms with E-state index < -0.39 is 11.6 Å². The fraction of sp³-hybridized carbons (Fsp3) is 0.222. The van der Waals surface area contributed by atoms with E-state index in [1.54, 1.807) is 18.3 Å². The Kier molecular flexibility index (Phi) is 8.04. The van der Waals surface area contributed by atoms with Gasteiger partial charge in [0, 0.05) is 29.5 Å². The summed E-state index contributed by atoms with van der Waals surface area (Å²) in [4.78, 5) is 9.02. The van der Waals surface area contributed by atoms with E-state index in [0.29, 0.717) is 5.69 Å². The molecule has 6 rings (SSSR count). The normalized spacial score (nSPS) is 12.0. The van der Waals surface area contributed by atoms with Crippen LogP contribution >= 0.6 is 0 Å². The first-order chi connectivity index (χ1) is 19.9. The summed E-state index contributed by atoms with van der Waals surface area (Å²) in [5, 5.41) is 1.98. The van der Waals surface area contributed by atoms with Gasteiger partial charge in [0.15, 0.2) is 0 Å². The largest absolute Gasteiger partial charge is 2.00 e. The van der Waals surface area contributed by atoms with Crippen LogP contribution in [0.2, 0.25) is 0 Å². The van der Waals surface area contributed by atoms with E-state index in [0.717, 1.165) is 44.8 Å². The zero-order valence-electron chi connectivity index (χ0n) is 24.8. The summed E-state index contributed by atoms with van der Waals surface area (Å²) >= 11 is 0. The third-order valence-corrected chi connectivity index (χ3v) is 7.44. The quantitative estimate of drug-likeness (QED) is 0.169. The molecule has 0 fully saturated rings. The molecule has 0 saturated carbocycles. The summed E-state index contributed by atoms with van der Waals surface area (Å²) in [5.41, 5.74) is 3.97. The van der Waals surface area contributed by atoms with Crippen molar-refractivity contribution in [3.63, 3.8) is 0 Å². The number of aromatic nitrogens is 3.